The van der Waals surface area contributed by atoms with Crippen LogP contribution in [0.4, 0.5) is 51.2 Å². The van der Waals surface area contributed by atoms with Crippen molar-refractivity contribution in [3.8, 4) is 17.2 Å². The van der Waals surface area contributed by atoms with Gasteiger partial charge in [-0.15, -0.1) is 0 Å². The summed E-state index contributed by atoms with van der Waals surface area (Å²) in [5, 5.41) is 2.85. The normalized spacial score (nSPS) is 16.1. The summed E-state index contributed by atoms with van der Waals surface area (Å²) in [5.41, 5.74) is 16.7. The van der Waals surface area contributed by atoms with E-state index in [1.165, 1.54) is 16.7 Å². The van der Waals surface area contributed by atoms with Gasteiger partial charge in [0.2, 0.25) is 0 Å². The molecule has 0 N–H and O–H groups in total. The summed E-state index contributed by atoms with van der Waals surface area (Å²) < 4.78 is 22.4. The first-order chi connectivity index (χ1) is 39.9. The van der Waals surface area contributed by atoms with Crippen LogP contribution in [0.5, 0.6) is 11.5 Å². The number of halogens is 4. The van der Waals surface area contributed by atoms with Gasteiger partial charge < -0.3 is 0 Å². The number of hydrogen-bond donors (Lipinski definition) is 0. The van der Waals surface area contributed by atoms with Crippen molar-refractivity contribution in [1.82, 2.24) is 4.57 Å². The van der Waals surface area contributed by atoms with Gasteiger partial charge in [-0.1, -0.05) is 0 Å². The summed E-state index contributed by atoms with van der Waals surface area (Å²) in [7, 11) is 0. The molecule has 4 aliphatic heterocycles. The molecule has 0 amide bonds. The second kappa shape index (κ2) is 18.4. The van der Waals surface area contributed by atoms with Gasteiger partial charge in [-0.25, -0.2) is 0 Å². The molecule has 4 aliphatic rings. The zero-order valence-electron chi connectivity index (χ0n) is 51.1. The molecule has 6 nitrogen and oxygen atoms in total. The minimum absolute atomic E-state index is 0.0928. The van der Waals surface area contributed by atoms with Gasteiger partial charge in [-0.05, 0) is 0 Å². The molecule has 0 unspecified atom stereocenters. The molecule has 0 saturated carbocycles. The maximum atomic E-state index is 8.56. The van der Waals surface area contributed by atoms with Crippen molar-refractivity contribution in [3.05, 3.63) is 206 Å². The van der Waals surface area contributed by atoms with Gasteiger partial charge in [0.25, 0.3) is 0 Å². The summed E-state index contributed by atoms with van der Waals surface area (Å²) in [6.45, 7) is 34.2. The number of fused-ring (bicyclic) bond motifs is 4. The van der Waals surface area contributed by atoms with Crippen molar-refractivity contribution in [1.29, 1.82) is 0 Å². The second-order valence-corrected chi connectivity index (χ2v) is 44.5. The van der Waals surface area contributed by atoms with E-state index in [0.29, 0.717) is 11.5 Å². The Morgan fingerprint density at radius 2 is 0.576 bits per heavy atom. The quantitative estimate of drug-likeness (QED) is 0.0996. The molecule has 0 atom stereocenters. The molecule has 432 valence electrons. The zero-order valence-corrected chi connectivity index (χ0v) is 57.6. The molecule has 0 saturated heterocycles. The zero-order chi connectivity index (χ0) is 60.2. The van der Waals surface area contributed by atoms with E-state index in [1.54, 1.807) is 0 Å². The third-order valence-corrected chi connectivity index (χ3v) is 38.8. The van der Waals surface area contributed by atoms with Crippen LogP contribution < -0.4 is 30.1 Å². The maximum absolute atomic E-state index is 8.56. The number of benzene rings is 9. The molecule has 5 heterocycles. The Morgan fingerprint density at radius 1 is 0.306 bits per heavy atom. The van der Waals surface area contributed by atoms with Gasteiger partial charge in [0.1, 0.15) is 0 Å². The number of rotatable bonds is 4. The molecule has 9 aromatic carbocycles. The third kappa shape index (κ3) is 8.05. The van der Waals surface area contributed by atoms with Crippen LogP contribution in [0.1, 0.15) is 132 Å². The molecule has 0 aliphatic carbocycles. The number of anilines is 9. The fourth-order valence-corrected chi connectivity index (χ4v) is 37.4. The Bertz CT molecular complexity index is 4260. The summed E-state index contributed by atoms with van der Waals surface area (Å²) in [6, 6.07) is 59.4. The van der Waals surface area contributed by atoms with Crippen molar-refractivity contribution >= 4 is 149 Å². The van der Waals surface area contributed by atoms with Gasteiger partial charge in [-0.2, -0.15) is 0 Å². The summed E-state index contributed by atoms with van der Waals surface area (Å²) in [6.07, 6.45) is 0. The summed E-state index contributed by atoms with van der Waals surface area (Å²) >= 11 is 22.9. The van der Waals surface area contributed by atoms with Crippen LogP contribution in [-0.2, 0) is 27.1 Å². The van der Waals surface area contributed by atoms with Crippen LogP contribution in [0.3, 0.4) is 0 Å². The molecular weight excluding hydrogens is 1330 g/mol. The standard InChI is InChI=1S/C68H71N4.C6H2Cl4O2.Bi/c1-64(2,3)45-24-30-50(31-25-45)69-53-36-48(67(10,11)12)38-55(40-53)70(51-32-26-46(27-33-51)65(4,5)6)57-42-58(44-59(43-57)72-62-22-18-16-20-60(62)61-21-17-19-23-63(61)72)71(52-34-28-47(29-35-52)66(7,8)9)56-39-49(68(13,14)15)37-54(69)41-56;7-1-2(8)4(10)6(12)5(11)3(1)9;/h16-39,43-44H,1-15H3;11-12H;/q;;+2/p-2. The van der Waals surface area contributed by atoms with Crippen LogP contribution >= 0.6 is 46.4 Å². The van der Waals surface area contributed by atoms with E-state index in [0.717, 1.165) is 99.6 Å². The van der Waals surface area contributed by atoms with E-state index < -0.39 is 19.7 Å². The molecule has 85 heavy (non-hydrogen) atoms. The van der Waals surface area contributed by atoms with Crippen LogP contribution in [0.25, 0.3) is 27.5 Å². The van der Waals surface area contributed by atoms with Crippen molar-refractivity contribution < 1.29 is 5.63 Å². The Hall–Kier alpha value is -6.18. The Labute approximate surface area is 523 Å². The first kappa shape index (κ1) is 56.6. The fraction of sp³-hybridized carbons (Fsp3) is 0.270. The van der Waals surface area contributed by atoms with E-state index >= 15 is 0 Å². The molecule has 0 radical (unpaired) electrons. The monoisotopic (exact) mass is 1400 g/mol. The van der Waals surface area contributed by atoms with Gasteiger partial charge in [0.15, 0.2) is 0 Å². The van der Waals surface area contributed by atoms with Gasteiger partial charge >= 0.3 is 528 Å². The van der Waals surface area contributed by atoms with E-state index in [9.17, 15) is 0 Å². The SMILES string of the molecule is CC(C)(C)c1ccc(N2c3cc(-n4c5ccccc5c5ccccc54)cc4[c]3[Bi]35([O]c6c(Cl)c(Cl)c(Cl)c(Cl)c6[O]3)[c]3c2cc(C(C)(C)C)cc3N(c2ccc(C(C)(C)C)cc2)c2cc(C(C)(C)C)cc([c]25)N4c2ccc(C(C)(C)C)cc2)cc1. The van der Waals surface area contributed by atoms with Gasteiger partial charge in [0.05, 0.1) is 0 Å². The molecule has 11 heteroatoms. The van der Waals surface area contributed by atoms with Crippen LogP contribution in [0.15, 0.2) is 158 Å². The molecule has 14 rings (SSSR count). The van der Waals surface area contributed by atoms with Crippen molar-refractivity contribution in [2.24, 2.45) is 0 Å². The van der Waals surface area contributed by atoms with Crippen molar-refractivity contribution in [3.63, 3.8) is 0 Å². The molecule has 0 bridgehead atoms. The van der Waals surface area contributed by atoms with E-state index in [-0.39, 0.29) is 47.2 Å². The average Bonchev–Trinajstić information content (AvgIpc) is 1.62. The van der Waals surface area contributed by atoms with Crippen LogP contribution in [-0.4, -0.2) is 24.2 Å². The van der Waals surface area contributed by atoms with Gasteiger partial charge in [0, 0.05) is 0 Å². The Morgan fingerprint density at radius 3 is 0.859 bits per heavy atom. The topological polar surface area (TPSA) is 33.1 Å². The number of hydrogen-bond acceptors (Lipinski definition) is 5. The van der Waals surface area contributed by atoms with E-state index in [2.05, 4.69) is 281 Å². The Kier molecular flexibility index (Phi) is 12.3. The number of aromatic nitrogens is 1. The van der Waals surface area contributed by atoms with Crippen LogP contribution in [0, 0.1) is 0 Å². The Balaban J connectivity index is 1.27. The third-order valence-electron chi connectivity index (χ3n) is 18.1. The van der Waals surface area contributed by atoms with Crippen molar-refractivity contribution in [2.45, 2.75) is 131 Å². The minimum atomic E-state index is -6.89. The average molecular weight is 1400 g/mol. The molecule has 1 spiro atoms. The molecule has 10 aromatic rings. The van der Waals surface area contributed by atoms with E-state index in [4.69, 9.17) is 52.0 Å². The van der Waals surface area contributed by atoms with Crippen molar-refractivity contribution in [2.75, 3.05) is 14.7 Å². The molecular formula is C74H71BiCl4N4O2. The predicted octanol–water partition coefficient (Wildman–Crippen LogP) is 21.1. The first-order valence-electron chi connectivity index (χ1n) is 29.5. The van der Waals surface area contributed by atoms with Crippen LogP contribution in [0.2, 0.25) is 20.1 Å². The summed E-state index contributed by atoms with van der Waals surface area (Å²) in [4.78, 5) is 7.51. The molecule has 0 fully saturated rings. The van der Waals surface area contributed by atoms with Gasteiger partial charge in [-0.3, -0.25) is 0 Å². The molecule has 1 aromatic heterocycles. The predicted molar refractivity (Wildman–Crippen MR) is 364 cm³/mol. The van der Waals surface area contributed by atoms with E-state index in [1.807, 2.05) is 0 Å². The number of nitrogens with zero attached hydrogens (tertiary/aromatic N) is 4. The second-order valence-electron chi connectivity index (χ2n) is 28.9. The summed E-state index contributed by atoms with van der Waals surface area (Å²) in [5.74, 6) is 0.583. The fourth-order valence-electron chi connectivity index (χ4n) is 13.6. The first-order valence-corrected chi connectivity index (χ1v) is 39.0. The number of para-hydroxylation sites is 2.